The van der Waals surface area contributed by atoms with Crippen molar-refractivity contribution in [1.82, 2.24) is 19.9 Å². The minimum atomic E-state index is -0.208. The molecule has 3 heterocycles. The number of rotatable bonds is 6. The quantitative estimate of drug-likeness (QED) is 0.308. The van der Waals surface area contributed by atoms with Crippen LogP contribution in [-0.4, -0.2) is 45.8 Å². The molecule has 5 aromatic rings. The molecule has 3 aromatic heterocycles. The Labute approximate surface area is 208 Å². The molecule has 0 saturated heterocycles. The lowest BCUT2D eigenvalue weighted by molar-refractivity contribution is 0.0827. The van der Waals surface area contributed by atoms with Crippen LogP contribution < -0.4 is 10.6 Å². The average molecular weight is 477 g/mol. The fourth-order valence-corrected chi connectivity index (χ4v) is 3.91. The van der Waals surface area contributed by atoms with E-state index in [1.165, 1.54) is 0 Å². The lowest BCUT2D eigenvalue weighted by atomic mass is 10.1. The van der Waals surface area contributed by atoms with E-state index in [1.54, 1.807) is 49.7 Å². The number of carbonyl (C=O) groups excluding carboxylic acids is 2. The standard InChI is InChI=1S/C28H24N6O2/c1-34(2)28(36)19-8-6-18(7-9-19)20-10-11-26(31-15-20)32-21-14-22(17-29-16-21)33-27(35)24-4-3-5-25-23(24)12-13-30-25/h3-17,30H,1-2H3,(H,31,32)(H,33,35). The Morgan fingerprint density at radius 1 is 0.861 bits per heavy atom. The largest absolute Gasteiger partial charge is 0.361 e. The number of carbonyl (C=O) groups is 2. The van der Waals surface area contributed by atoms with Crippen molar-refractivity contribution >= 4 is 39.9 Å². The van der Waals surface area contributed by atoms with E-state index < -0.39 is 0 Å². The maximum atomic E-state index is 12.9. The molecule has 0 aliphatic carbocycles. The molecule has 0 aliphatic rings. The molecular formula is C28H24N6O2. The number of anilines is 3. The molecule has 0 saturated carbocycles. The van der Waals surface area contributed by atoms with Crippen molar-refractivity contribution in [3.8, 4) is 11.1 Å². The van der Waals surface area contributed by atoms with Crippen molar-refractivity contribution in [2.24, 2.45) is 0 Å². The van der Waals surface area contributed by atoms with E-state index in [0.717, 1.165) is 22.0 Å². The molecule has 178 valence electrons. The monoisotopic (exact) mass is 476 g/mol. The number of H-pyrrole nitrogens is 1. The molecule has 5 rings (SSSR count). The van der Waals surface area contributed by atoms with Gasteiger partial charge in [-0.15, -0.1) is 0 Å². The molecule has 0 radical (unpaired) electrons. The van der Waals surface area contributed by atoms with Crippen molar-refractivity contribution in [3.63, 3.8) is 0 Å². The van der Waals surface area contributed by atoms with Gasteiger partial charge in [0.1, 0.15) is 5.82 Å². The van der Waals surface area contributed by atoms with Crippen LogP contribution in [0.4, 0.5) is 17.2 Å². The Balaban J connectivity index is 1.27. The number of benzene rings is 2. The summed E-state index contributed by atoms with van der Waals surface area (Å²) >= 11 is 0. The van der Waals surface area contributed by atoms with Crippen LogP contribution in [0.5, 0.6) is 0 Å². The van der Waals surface area contributed by atoms with Gasteiger partial charge in [0.15, 0.2) is 0 Å². The molecule has 8 heteroatoms. The highest BCUT2D eigenvalue weighted by Gasteiger charge is 2.12. The van der Waals surface area contributed by atoms with Crippen LogP contribution in [0.25, 0.3) is 22.0 Å². The maximum Gasteiger partial charge on any atom is 0.256 e. The second-order valence-corrected chi connectivity index (χ2v) is 8.49. The molecule has 0 bridgehead atoms. The Morgan fingerprint density at radius 2 is 1.64 bits per heavy atom. The van der Waals surface area contributed by atoms with Gasteiger partial charge < -0.3 is 20.5 Å². The zero-order valence-electron chi connectivity index (χ0n) is 19.8. The second kappa shape index (κ2) is 9.71. The maximum absolute atomic E-state index is 12.9. The third-order valence-corrected chi connectivity index (χ3v) is 5.74. The molecule has 3 N–H and O–H groups in total. The summed E-state index contributed by atoms with van der Waals surface area (Å²) in [6.45, 7) is 0. The summed E-state index contributed by atoms with van der Waals surface area (Å²) in [6.07, 6.45) is 6.84. The van der Waals surface area contributed by atoms with E-state index in [0.29, 0.717) is 28.3 Å². The minimum Gasteiger partial charge on any atom is -0.361 e. The first-order valence-corrected chi connectivity index (χ1v) is 11.4. The van der Waals surface area contributed by atoms with Gasteiger partial charge in [0.2, 0.25) is 0 Å². The zero-order chi connectivity index (χ0) is 25.1. The van der Waals surface area contributed by atoms with E-state index in [2.05, 4.69) is 25.6 Å². The number of amides is 2. The van der Waals surface area contributed by atoms with Gasteiger partial charge in [-0.3, -0.25) is 14.6 Å². The van der Waals surface area contributed by atoms with Gasteiger partial charge in [-0.05, 0) is 54.1 Å². The van der Waals surface area contributed by atoms with Gasteiger partial charge in [-0.1, -0.05) is 18.2 Å². The van der Waals surface area contributed by atoms with E-state index in [4.69, 9.17) is 0 Å². The van der Waals surface area contributed by atoms with Gasteiger partial charge in [0.25, 0.3) is 11.8 Å². The first kappa shape index (κ1) is 22.8. The van der Waals surface area contributed by atoms with Crippen LogP contribution in [-0.2, 0) is 0 Å². The van der Waals surface area contributed by atoms with E-state index in [9.17, 15) is 9.59 Å². The first-order chi connectivity index (χ1) is 17.5. The molecule has 0 fully saturated rings. The third-order valence-electron chi connectivity index (χ3n) is 5.74. The Hall–Kier alpha value is -4.98. The molecular weight excluding hydrogens is 452 g/mol. The van der Waals surface area contributed by atoms with Crippen LogP contribution in [0, 0.1) is 0 Å². The van der Waals surface area contributed by atoms with Gasteiger partial charge in [0, 0.05) is 54.1 Å². The average Bonchev–Trinajstić information content (AvgIpc) is 3.38. The summed E-state index contributed by atoms with van der Waals surface area (Å²) in [7, 11) is 3.46. The summed E-state index contributed by atoms with van der Waals surface area (Å²) in [5.74, 6) is 0.397. The molecule has 2 amide bonds. The van der Waals surface area contributed by atoms with Crippen molar-refractivity contribution in [3.05, 3.63) is 103 Å². The highest BCUT2D eigenvalue weighted by molar-refractivity contribution is 6.12. The van der Waals surface area contributed by atoms with Gasteiger partial charge >= 0.3 is 0 Å². The lowest BCUT2D eigenvalue weighted by Gasteiger charge is -2.11. The van der Waals surface area contributed by atoms with Gasteiger partial charge in [-0.25, -0.2) is 4.98 Å². The number of aromatic nitrogens is 3. The summed E-state index contributed by atoms with van der Waals surface area (Å²) < 4.78 is 0. The van der Waals surface area contributed by atoms with Crippen LogP contribution in [0.1, 0.15) is 20.7 Å². The number of nitrogens with one attached hydrogen (secondary N) is 3. The van der Waals surface area contributed by atoms with Crippen molar-refractivity contribution in [2.75, 3.05) is 24.7 Å². The highest BCUT2D eigenvalue weighted by atomic mass is 16.2. The van der Waals surface area contributed by atoms with Gasteiger partial charge in [0.05, 0.1) is 23.8 Å². The van der Waals surface area contributed by atoms with Crippen LogP contribution in [0.3, 0.4) is 0 Å². The number of hydrogen-bond donors (Lipinski definition) is 3. The zero-order valence-corrected chi connectivity index (χ0v) is 19.8. The number of aromatic amines is 1. The number of fused-ring (bicyclic) bond motifs is 1. The van der Waals surface area contributed by atoms with Crippen molar-refractivity contribution in [1.29, 1.82) is 0 Å². The highest BCUT2D eigenvalue weighted by Crippen LogP contribution is 2.24. The molecule has 36 heavy (non-hydrogen) atoms. The molecule has 8 nitrogen and oxygen atoms in total. The molecule has 0 aliphatic heterocycles. The molecule has 0 unspecified atom stereocenters. The SMILES string of the molecule is CN(C)C(=O)c1ccc(-c2ccc(Nc3cncc(NC(=O)c4cccc5[nH]ccc45)c3)nc2)cc1. The Kier molecular flexibility index (Phi) is 6.15. The van der Waals surface area contributed by atoms with E-state index in [-0.39, 0.29) is 11.8 Å². The summed E-state index contributed by atoms with van der Waals surface area (Å²) in [6, 6.07) is 20.5. The molecule has 2 aromatic carbocycles. The Morgan fingerprint density at radius 3 is 2.39 bits per heavy atom. The number of pyridine rings is 2. The Bertz CT molecular complexity index is 1540. The normalized spacial score (nSPS) is 10.7. The molecule has 0 spiro atoms. The van der Waals surface area contributed by atoms with E-state index >= 15 is 0 Å². The van der Waals surface area contributed by atoms with Crippen LogP contribution in [0.2, 0.25) is 0 Å². The smallest absolute Gasteiger partial charge is 0.256 e. The number of hydrogen-bond acceptors (Lipinski definition) is 5. The number of nitrogens with zero attached hydrogens (tertiary/aromatic N) is 3. The topological polar surface area (TPSA) is 103 Å². The predicted molar refractivity (Wildman–Crippen MR) is 141 cm³/mol. The minimum absolute atomic E-state index is 0.0345. The fraction of sp³-hybridized carbons (Fsp3) is 0.0714. The fourth-order valence-electron chi connectivity index (χ4n) is 3.91. The summed E-state index contributed by atoms with van der Waals surface area (Å²) in [5.41, 5.74) is 5.29. The van der Waals surface area contributed by atoms with E-state index in [1.807, 2.05) is 60.8 Å². The lowest BCUT2D eigenvalue weighted by Crippen LogP contribution is -2.21. The van der Waals surface area contributed by atoms with Gasteiger partial charge in [-0.2, -0.15) is 0 Å². The second-order valence-electron chi connectivity index (χ2n) is 8.49. The van der Waals surface area contributed by atoms with Crippen molar-refractivity contribution in [2.45, 2.75) is 0 Å². The molecule has 0 atom stereocenters. The summed E-state index contributed by atoms with van der Waals surface area (Å²) in [4.78, 5) is 38.3. The summed E-state index contributed by atoms with van der Waals surface area (Å²) in [5, 5.41) is 6.99. The van der Waals surface area contributed by atoms with Crippen molar-refractivity contribution < 1.29 is 9.59 Å². The first-order valence-electron chi connectivity index (χ1n) is 11.4. The van der Waals surface area contributed by atoms with Crippen LogP contribution >= 0.6 is 0 Å². The predicted octanol–water partition coefficient (Wildman–Crippen LogP) is 5.32. The van der Waals surface area contributed by atoms with Crippen LogP contribution in [0.15, 0.2) is 91.5 Å². The third kappa shape index (κ3) is 4.78.